The van der Waals surface area contributed by atoms with Crippen LogP contribution in [0.5, 0.6) is 5.75 Å². The first kappa shape index (κ1) is 17.1. The minimum absolute atomic E-state index is 0.129. The normalized spacial score (nSPS) is 15.0. The molecule has 2 aromatic carbocycles. The van der Waals surface area contributed by atoms with Gasteiger partial charge in [-0.25, -0.2) is 4.98 Å². The van der Waals surface area contributed by atoms with Gasteiger partial charge in [0.05, 0.1) is 15.9 Å². The number of rotatable bonds is 1. The number of aryl methyl sites for hydroxylation is 2. The second-order valence-electron chi connectivity index (χ2n) is 6.60. The number of hydrogen-bond donors (Lipinski definition) is 1. The third kappa shape index (κ3) is 2.70. The van der Waals surface area contributed by atoms with Gasteiger partial charge in [0, 0.05) is 11.6 Å². The zero-order chi connectivity index (χ0) is 18.6. The molecule has 0 fully saturated rings. The molecular formula is C20H16Cl2N2O2. The molecule has 0 amide bonds. The molecule has 0 atom stereocenters. The number of fused-ring (bicyclic) bond motifs is 2. The number of halogens is 2. The third-order valence-corrected chi connectivity index (χ3v) is 5.23. The van der Waals surface area contributed by atoms with Crippen molar-refractivity contribution >= 4 is 45.8 Å². The Balaban J connectivity index is 1.92. The lowest BCUT2D eigenvalue weighted by molar-refractivity contribution is 0.467. The Bertz CT molecular complexity index is 1140. The van der Waals surface area contributed by atoms with E-state index in [1.54, 1.807) is 16.7 Å². The molecule has 0 spiro atoms. The van der Waals surface area contributed by atoms with E-state index in [2.05, 4.69) is 4.98 Å². The Labute approximate surface area is 160 Å². The minimum Gasteiger partial charge on any atom is -0.507 e. The van der Waals surface area contributed by atoms with Crippen molar-refractivity contribution in [1.82, 2.24) is 9.55 Å². The van der Waals surface area contributed by atoms with E-state index in [-0.39, 0.29) is 5.56 Å². The molecule has 4 nitrogen and oxygen atoms in total. The number of phenolic OH excluding ortho intramolecular Hbond substituents is 1. The maximum absolute atomic E-state index is 12.8. The highest BCUT2D eigenvalue weighted by molar-refractivity contribution is 6.38. The molecule has 1 aliphatic rings. The van der Waals surface area contributed by atoms with E-state index in [1.165, 1.54) is 0 Å². The zero-order valence-electron chi connectivity index (χ0n) is 14.3. The topological polar surface area (TPSA) is 55.1 Å². The first-order valence-corrected chi connectivity index (χ1v) is 9.01. The van der Waals surface area contributed by atoms with Crippen LogP contribution >= 0.6 is 23.2 Å². The summed E-state index contributed by atoms with van der Waals surface area (Å²) in [5, 5.41) is 11.2. The zero-order valence-corrected chi connectivity index (χ0v) is 15.8. The van der Waals surface area contributed by atoms with Gasteiger partial charge in [-0.3, -0.25) is 9.36 Å². The standard InChI is InChI=1S/C20H16Cl2N2O2/c1-10-5-12(6-11(2)18(10)25)7-13-3-4-24-19(13)23-17-15(20(24)26)8-14(21)9-16(17)22/h5-9,25H,3-4H2,1-2H3/b13-7+. The predicted molar refractivity (Wildman–Crippen MR) is 106 cm³/mol. The smallest absolute Gasteiger partial charge is 0.261 e. The molecule has 0 saturated carbocycles. The largest absolute Gasteiger partial charge is 0.507 e. The molecule has 0 saturated heterocycles. The van der Waals surface area contributed by atoms with Crippen LogP contribution < -0.4 is 5.56 Å². The maximum atomic E-state index is 12.8. The van der Waals surface area contributed by atoms with Gasteiger partial charge in [-0.05, 0) is 72.9 Å². The molecule has 0 bridgehead atoms. The molecule has 1 N–H and O–H groups in total. The van der Waals surface area contributed by atoms with Crippen LogP contribution in [-0.4, -0.2) is 14.7 Å². The Morgan fingerprint density at radius 2 is 1.85 bits per heavy atom. The van der Waals surface area contributed by atoms with Crippen LogP contribution in [0, 0.1) is 13.8 Å². The molecule has 26 heavy (non-hydrogen) atoms. The van der Waals surface area contributed by atoms with E-state index in [0.29, 0.717) is 45.5 Å². The number of phenols is 1. The minimum atomic E-state index is -0.129. The van der Waals surface area contributed by atoms with Crippen LogP contribution in [0.4, 0.5) is 0 Å². The average molecular weight is 387 g/mol. The number of allylic oxidation sites excluding steroid dienone is 1. The molecule has 0 unspecified atom stereocenters. The molecule has 1 aliphatic heterocycles. The number of aromatic hydroxyl groups is 1. The Hall–Kier alpha value is -2.30. The van der Waals surface area contributed by atoms with Crippen molar-refractivity contribution in [2.75, 3.05) is 0 Å². The lowest BCUT2D eigenvalue weighted by Crippen LogP contribution is -2.20. The fourth-order valence-corrected chi connectivity index (χ4v) is 3.99. The highest BCUT2D eigenvalue weighted by atomic mass is 35.5. The van der Waals surface area contributed by atoms with Crippen molar-refractivity contribution in [1.29, 1.82) is 0 Å². The van der Waals surface area contributed by atoms with Gasteiger partial charge in [-0.1, -0.05) is 23.2 Å². The predicted octanol–water partition coefficient (Wildman–Crippen LogP) is 4.97. The Kier molecular flexibility index (Phi) is 4.05. The van der Waals surface area contributed by atoms with Gasteiger partial charge in [0.1, 0.15) is 11.6 Å². The van der Waals surface area contributed by atoms with E-state index in [0.717, 1.165) is 22.3 Å². The Morgan fingerprint density at radius 3 is 2.54 bits per heavy atom. The maximum Gasteiger partial charge on any atom is 0.261 e. The summed E-state index contributed by atoms with van der Waals surface area (Å²) in [5.74, 6) is 0.943. The molecule has 132 valence electrons. The summed E-state index contributed by atoms with van der Waals surface area (Å²) in [6.07, 6.45) is 2.73. The first-order chi connectivity index (χ1) is 12.3. The number of nitrogens with zero attached hydrogens (tertiary/aromatic N) is 2. The van der Waals surface area contributed by atoms with Crippen molar-refractivity contribution in [2.45, 2.75) is 26.8 Å². The van der Waals surface area contributed by atoms with Crippen LogP contribution in [0.3, 0.4) is 0 Å². The quantitative estimate of drug-likeness (QED) is 0.642. The monoisotopic (exact) mass is 386 g/mol. The number of benzene rings is 2. The highest BCUT2D eigenvalue weighted by Gasteiger charge is 2.22. The summed E-state index contributed by atoms with van der Waals surface area (Å²) in [6, 6.07) is 7.05. The van der Waals surface area contributed by atoms with E-state index in [1.807, 2.05) is 32.1 Å². The van der Waals surface area contributed by atoms with Crippen molar-refractivity contribution in [3.8, 4) is 5.75 Å². The molecule has 6 heteroatoms. The van der Waals surface area contributed by atoms with E-state index in [4.69, 9.17) is 23.2 Å². The fourth-order valence-electron chi connectivity index (χ4n) is 3.46. The summed E-state index contributed by atoms with van der Waals surface area (Å²) in [6.45, 7) is 4.31. The highest BCUT2D eigenvalue weighted by Crippen LogP contribution is 2.32. The molecule has 0 aliphatic carbocycles. The number of hydrogen-bond acceptors (Lipinski definition) is 3. The lowest BCUT2D eigenvalue weighted by atomic mass is 10.0. The van der Waals surface area contributed by atoms with Gasteiger partial charge in [0.2, 0.25) is 0 Å². The molecule has 0 radical (unpaired) electrons. The molecular weight excluding hydrogens is 371 g/mol. The second kappa shape index (κ2) is 6.15. The molecule has 2 heterocycles. The van der Waals surface area contributed by atoms with E-state index in [9.17, 15) is 9.90 Å². The van der Waals surface area contributed by atoms with E-state index < -0.39 is 0 Å². The van der Waals surface area contributed by atoms with Gasteiger partial charge in [0.15, 0.2) is 0 Å². The van der Waals surface area contributed by atoms with Crippen molar-refractivity contribution in [3.05, 3.63) is 67.2 Å². The molecule has 1 aromatic heterocycles. The lowest BCUT2D eigenvalue weighted by Gasteiger charge is -2.08. The second-order valence-corrected chi connectivity index (χ2v) is 7.44. The first-order valence-electron chi connectivity index (χ1n) is 8.26. The van der Waals surface area contributed by atoms with Gasteiger partial charge in [0.25, 0.3) is 5.56 Å². The van der Waals surface area contributed by atoms with Crippen LogP contribution in [0.2, 0.25) is 10.0 Å². The van der Waals surface area contributed by atoms with Crippen LogP contribution in [-0.2, 0) is 6.54 Å². The van der Waals surface area contributed by atoms with Crippen molar-refractivity contribution in [3.63, 3.8) is 0 Å². The fraction of sp³-hybridized carbons (Fsp3) is 0.200. The van der Waals surface area contributed by atoms with Gasteiger partial charge in [-0.15, -0.1) is 0 Å². The van der Waals surface area contributed by atoms with Gasteiger partial charge < -0.3 is 5.11 Å². The molecule has 3 aromatic rings. The van der Waals surface area contributed by atoms with Crippen LogP contribution in [0.15, 0.2) is 29.1 Å². The average Bonchev–Trinajstić information content (AvgIpc) is 2.97. The van der Waals surface area contributed by atoms with Crippen molar-refractivity contribution < 1.29 is 5.11 Å². The summed E-state index contributed by atoms with van der Waals surface area (Å²) in [7, 11) is 0. The van der Waals surface area contributed by atoms with Crippen LogP contribution in [0.1, 0.15) is 28.9 Å². The summed E-state index contributed by atoms with van der Waals surface area (Å²) < 4.78 is 1.67. The molecule has 4 rings (SSSR count). The van der Waals surface area contributed by atoms with Gasteiger partial charge >= 0.3 is 0 Å². The van der Waals surface area contributed by atoms with Crippen LogP contribution in [0.25, 0.3) is 22.6 Å². The van der Waals surface area contributed by atoms with Crippen molar-refractivity contribution in [2.24, 2.45) is 0 Å². The SMILES string of the molecule is Cc1cc(/C=C2\CCn3c2nc2c(Cl)cc(Cl)cc2c3=O)cc(C)c1O. The summed E-state index contributed by atoms with van der Waals surface area (Å²) in [4.78, 5) is 17.5. The summed E-state index contributed by atoms with van der Waals surface area (Å²) in [5.41, 5.74) is 3.92. The van der Waals surface area contributed by atoms with E-state index >= 15 is 0 Å². The summed E-state index contributed by atoms with van der Waals surface area (Å²) >= 11 is 12.3. The Morgan fingerprint density at radius 1 is 1.15 bits per heavy atom. The number of aromatic nitrogens is 2. The third-order valence-electron chi connectivity index (χ3n) is 4.72. The van der Waals surface area contributed by atoms with Gasteiger partial charge in [-0.2, -0.15) is 0 Å².